The lowest BCUT2D eigenvalue weighted by molar-refractivity contribution is -0.139. The maximum absolute atomic E-state index is 11.8. The predicted octanol–water partition coefficient (Wildman–Crippen LogP) is 4.93. The molecule has 0 unspecified atom stereocenters. The predicted molar refractivity (Wildman–Crippen MR) is 104 cm³/mol. The van der Waals surface area contributed by atoms with Crippen LogP contribution < -0.4 is 0 Å². The fourth-order valence-electron chi connectivity index (χ4n) is 3.07. The molecule has 0 saturated heterocycles. The van der Waals surface area contributed by atoms with Crippen molar-refractivity contribution in [1.82, 2.24) is 9.38 Å². The molecule has 0 radical (unpaired) electrons. The zero-order valence-electron chi connectivity index (χ0n) is 15.1. The smallest absolute Gasteiger partial charge is 0.311 e. The van der Waals surface area contributed by atoms with Crippen molar-refractivity contribution in [2.45, 2.75) is 13.3 Å². The Balaban J connectivity index is 1.84. The Labute approximate surface area is 156 Å². The summed E-state index contributed by atoms with van der Waals surface area (Å²) in [6, 6.07) is 17.8. The molecule has 134 valence electrons. The molecule has 0 amide bonds. The van der Waals surface area contributed by atoms with E-state index in [0.29, 0.717) is 11.5 Å². The summed E-state index contributed by atoms with van der Waals surface area (Å²) >= 11 is 0. The van der Waals surface area contributed by atoms with Crippen molar-refractivity contribution < 1.29 is 9.53 Å². The van der Waals surface area contributed by atoms with Crippen LogP contribution in [0.5, 0.6) is 0 Å². The van der Waals surface area contributed by atoms with Gasteiger partial charge >= 0.3 is 5.97 Å². The summed E-state index contributed by atoms with van der Waals surface area (Å²) in [5.41, 5.74) is 3.05. The SMILES string of the molecule is COC(=O)Cc1nc2c(C)cccn2c1N=Nc1cccc2ccccc12. The van der Waals surface area contributed by atoms with Crippen molar-refractivity contribution in [3.8, 4) is 0 Å². The second kappa shape index (κ2) is 6.99. The summed E-state index contributed by atoms with van der Waals surface area (Å²) < 4.78 is 6.64. The maximum Gasteiger partial charge on any atom is 0.311 e. The van der Waals surface area contributed by atoms with Gasteiger partial charge in [-0.15, -0.1) is 10.2 Å². The number of imidazole rings is 1. The first-order chi connectivity index (χ1) is 13.2. The van der Waals surface area contributed by atoms with Crippen LogP contribution in [0, 0.1) is 6.92 Å². The summed E-state index contributed by atoms with van der Waals surface area (Å²) in [5, 5.41) is 11.0. The van der Waals surface area contributed by atoms with Gasteiger partial charge < -0.3 is 4.74 Å². The maximum atomic E-state index is 11.8. The van der Waals surface area contributed by atoms with Crippen molar-refractivity contribution in [3.05, 3.63) is 72.1 Å². The first-order valence-electron chi connectivity index (χ1n) is 8.60. The number of nitrogens with zero attached hydrogens (tertiary/aromatic N) is 4. The third-order valence-corrected chi connectivity index (χ3v) is 4.45. The normalized spacial score (nSPS) is 11.5. The van der Waals surface area contributed by atoms with Crippen LogP contribution in [0.15, 0.2) is 71.0 Å². The molecule has 2 aromatic carbocycles. The molecule has 0 N–H and O–H groups in total. The van der Waals surface area contributed by atoms with E-state index in [1.165, 1.54) is 7.11 Å². The fourth-order valence-corrected chi connectivity index (χ4v) is 3.07. The highest BCUT2D eigenvalue weighted by atomic mass is 16.5. The van der Waals surface area contributed by atoms with Gasteiger partial charge in [0.1, 0.15) is 5.65 Å². The largest absolute Gasteiger partial charge is 0.469 e. The van der Waals surface area contributed by atoms with E-state index in [4.69, 9.17) is 4.74 Å². The minimum absolute atomic E-state index is 0.0432. The van der Waals surface area contributed by atoms with Crippen LogP contribution >= 0.6 is 0 Å². The van der Waals surface area contributed by atoms with Crippen molar-refractivity contribution in [2.75, 3.05) is 7.11 Å². The van der Waals surface area contributed by atoms with Gasteiger partial charge in [0, 0.05) is 11.6 Å². The molecule has 6 nitrogen and oxygen atoms in total. The van der Waals surface area contributed by atoms with E-state index in [1.54, 1.807) is 0 Å². The van der Waals surface area contributed by atoms with E-state index < -0.39 is 0 Å². The summed E-state index contributed by atoms with van der Waals surface area (Å²) in [6.45, 7) is 1.97. The number of hydrogen-bond donors (Lipinski definition) is 0. The monoisotopic (exact) mass is 358 g/mol. The van der Waals surface area contributed by atoms with Gasteiger partial charge in [0.15, 0.2) is 5.82 Å². The molecule has 0 aliphatic carbocycles. The molecule has 27 heavy (non-hydrogen) atoms. The van der Waals surface area contributed by atoms with Crippen LogP contribution in [0.2, 0.25) is 0 Å². The van der Waals surface area contributed by atoms with Gasteiger partial charge in [-0.25, -0.2) is 4.98 Å². The van der Waals surface area contributed by atoms with Gasteiger partial charge in [-0.05, 0) is 30.0 Å². The number of ether oxygens (including phenoxy) is 1. The zero-order chi connectivity index (χ0) is 18.8. The van der Waals surface area contributed by atoms with Gasteiger partial charge in [-0.1, -0.05) is 42.5 Å². The van der Waals surface area contributed by atoms with Crippen LogP contribution in [0.1, 0.15) is 11.3 Å². The van der Waals surface area contributed by atoms with Gasteiger partial charge in [0.25, 0.3) is 0 Å². The highest BCUT2D eigenvalue weighted by molar-refractivity contribution is 5.92. The minimum Gasteiger partial charge on any atom is -0.469 e. The number of pyridine rings is 1. The Hall–Kier alpha value is -3.54. The lowest BCUT2D eigenvalue weighted by Gasteiger charge is -2.02. The third-order valence-electron chi connectivity index (χ3n) is 4.45. The number of methoxy groups -OCH3 is 1. The second-order valence-electron chi connectivity index (χ2n) is 6.22. The molecule has 6 heteroatoms. The van der Waals surface area contributed by atoms with E-state index in [2.05, 4.69) is 15.2 Å². The highest BCUT2D eigenvalue weighted by Gasteiger charge is 2.17. The van der Waals surface area contributed by atoms with Gasteiger partial charge in [-0.3, -0.25) is 9.20 Å². The Kier molecular flexibility index (Phi) is 4.38. The van der Waals surface area contributed by atoms with Crippen molar-refractivity contribution in [3.63, 3.8) is 0 Å². The molecule has 2 heterocycles. The molecule has 0 spiro atoms. The number of esters is 1. The zero-order valence-corrected chi connectivity index (χ0v) is 15.1. The van der Waals surface area contributed by atoms with Gasteiger partial charge in [0.2, 0.25) is 0 Å². The van der Waals surface area contributed by atoms with E-state index in [9.17, 15) is 4.79 Å². The molecule has 0 aliphatic rings. The Morgan fingerprint density at radius 2 is 1.89 bits per heavy atom. The number of benzene rings is 2. The lowest BCUT2D eigenvalue weighted by Crippen LogP contribution is -2.04. The number of carbonyl (C=O) groups is 1. The molecular formula is C21H18N4O2. The highest BCUT2D eigenvalue weighted by Crippen LogP contribution is 2.30. The summed E-state index contributed by atoms with van der Waals surface area (Å²) in [4.78, 5) is 16.4. The summed E-state index contributed by atoms with van der Waals surface area (Å²) in [7, 11) is 1.36. The van der Waals surface area contributed by atoms with Crippen LogP contribution in [-0.2, 0) is 16.0 Å². The Morgan fingerprint density at radius 1 is 1.07 bits per heavy atom. The van der Waals surface area contributed by atoms with Gasteiger partial charge in [-0.2, -0.15) is 0 Å². The first-order valence-corrected chi connectivity index (χ1v) is 8.60. The number of hydrogen-bond acceptors (Lipinski definition) is 5. The number of aromatic nitrogens is 2. The lowest BCUT2D eigenvalue weighted by atomic mass is 10.1. The fraction of sp³-hybridized carbons (Fsp3) is 0.143. The number of carbonyl (C=O) groups excluding carboxylic acids is 1. The topological polar surface area (TPSA) is 68.3 Å². The van der Waals surface area contributed by atoms with Crippen LogP contribution in [0.3, 0.4) is 0 Å². The van der Waals surface area contributed by atoms with Crippen molar-refractivity contribution >= 4 is 33.9 Å². The Bertz CT molecular complexity index is 1170. The summed E-state index contributed by atoms with van der Waals surface area (Å²) in [5.74, 6) is 0.171. The average Bonchev–Trinajstić information content (AvgIpc) is 3.04. The van der Waals surface area contributed by atoms with Crippen LogP contribution in [-0.4, -0.2) is 22.5 Å². The van der Waals surface area contributed by atoms with E-state index in [0.717, 1.165) is 27.7 Å². The molecule has 4 rings (SSSR count). The van der Waals surface area contributed by atoms with E-state index in [1.807, 2.05) is 72.1 Å². The molecule has 0 atom stereocenters. The molecule has 4 aromatic rings. The van der Waals surface area contributed by atoms with Crippen LogP contribution in [0.4, 0.5) is 11.5 Å². The molecule has 0 aliphatic heterocycles. The molecular weight excluding hydrogens is 340 g/mol. The minimum atomic E-state index is -0.363. The summed E-state index contributed by atoms with van der Waals surface area (Å²) in [6.07, 6.45) is 1.91. The van der Waals surface area contributed by atoms with Crippen LogP contribution in [0.25, 0.3) is 16.4 Å². The third kappa shape index (κ3) is 3.17. The quantitative estimate of drug-likeness (QED) is 0.384. The van der Waals surface area contributed by atoms with E-state index in [-0.39, 0.29) is 12.4 Å². The number of rotatable bonds is 4. The number of fused-ring (bicyclic) bond motifs is 2. The second-order valence-corrected chi connectivity index (χ2v) is 6.22. The number of aryl methyl sites for hydroxylation is 1. The molecule has 0 fully saturated rings. The average molecular weight is 358 g/mol. The van der Waals surface area contributed by atoms with Crippen molar-refractivity contribution in [2.24, 2.45) is 10.2 Å². The van der Waals surface area contributed by atoms with Gasteiger partial charge in [0.05, 0.1) is 24.9 Å². The Morgan fingerprint density at radius 3 is 2.74 bits per heavy atom. The number of azo groups is 1. The van der Waals surface area contributed by atoms with Crippen molar-refractivity contribution in [1.29, 1.82) is 0 Å². The molecule has 0 saturated carbocycles. The molecule has 0 bridgehead atoms. The first kappa shape index (κ1) is 16.9. The molecule has 2 aromatic heterocycles. The van der Waals surface area contributed by atoms with E-state index >= 15 is 0 Å². The standard InChI is InChI=1S/C21H18N4O2/c1-14-7-6-12-25-20(14)22-18(13-19(26)27-2)21(25)24-23-17-11-5-9-15-8-3-4-10-16(15)17/h3-12H,13H2,1-2H3.